The van der Waals surface area contributed by atoms with Gasteiger partial charge in [0, 0.05) is 12.0 Å². The third-order valence-electron chi connectivity index (χ3n) is 5.58. The fraction of sp³-hybridized carbons (Fsp3) is 0.250. The molecule has 1 saturated heterocycles. The van der Waals surface area contributed by atoms with Crippen molar-refractivity contribution in [3.05, 3.63) is 82.4 Å². The van der Waals surface area contributed by atoms with E-state index in [1.807, 2.05) is 54.6 Å². The first-order chi connectivity index (χ1) is 14.6. The molecule has 1 atom stereocenters. The van der Waals surface area contributed by atoms with Gasteiger partial charge in [0.25, 0.3) is 5.54 Å². The molecule has 0 saturated carbocycles. The summed E-state index contributed by atoms with van der Waals surface area (Å²) < 4.78 is 5.32. The van der Waals surface area contributed by atoms with Gasteiger partial charge < -0.3 is 4.74 Å². The molecule has 1 fully saturated rings. The number of rotatable bonds is 4. The molecule has 2 aromatic rings. The molecule has 0 unspecified atom stereocenters. The topological polar surface area (TPSA) is 89.5 Å². The van der Waals surface area contributed by atoms with Gasteiger partial charge in [0.1, 0.15) is 12.1 Å². The number of nitriles is 2. The monoisotopic (exact) mass is 396 g/mol. The number of esters is 1. The molecule has 0 radical (unpaired) electrons. The number of carbonyl (C=O) groups is 1. The summed E-state index contributed by atoms with van der Waals surface area (Å²) in [6.45, 7) is 1.95. The van der Waals surface area contributed by atoms with Gasteiger partial charge in [0.15, 0.2) is 0 Å². The minimum atomic E-state index is -1.66. The van der Waals surface area contributed by atoms with Gasteiger partial charge in [-0.1, -0.05) is 54.6 Å². The first kappa shape index (κ1) is 19.4. The van der Waals surface area contributed by atoms with Crippen LogP contribution in [0.2, 0.25) is 0 Å². The van der Waals surface area contributed by atoms with E-state index in [0.717, 1.165) is 16.7 Å². The minimum Gasteiger partial charge on any atom is -0.463 e. The molecule has 2 aromatic carbocycles. The quantitative estimate of drug-likeness (QED) is 0.581. The molecule has 148 valence electrons. The maximum Gasteiger partial charge on any atom is 0.334 e. The molecule has 0 aromatic heterocycles. The highest BCUT2D eigenvalue weighted by Crippen LogP contribution is 2.49. The third kappa shape index (κ3) is 3.03. The van der Waals surface area contributed by atoms with Gasteiger partial charge in [-0.15, -0.1) is 0 Å². The van der Waals surface area contributed by atoms with Crippen molar-refractivity contribution in [2.24, 2.45) is 5.10 Å². The molecule has 30 heavy (non-hydrogen) atoms. The van der Waals surface area contributed by atoms with E-state index >= 15 is 0 Å². The van der Waals surface area contributed by atoms with Crippen LogP contribution in [0.4, 0.5) is 0 Å². The van der Waals surface area contributed by atoms with Crippen molar-refractivity contribution in [1.82, 2.24) is 5.01 Å². The van der Waals surface area contributed by atoms with Crippen molar-refractivity contribution in [3.63, 3.8) is 0 Å². The Balaban J connectivity index is 1.90. The van der Waals surface area contributed by atoms with E-state index in [2.05, 4.69) is 17.2 Å². The second-order valence-electron chi connectivity index (χ2n) is 7.21. The van der Waals surface area contributed by atoms with E-state index in [4.69, 9.17) is 4.74 Å². The van der Waals surface area contributed by atoms with Gasteiger partial charge in [0.2, 0.25) is 0 Å². The molecule has 6 nitrogen and oxygen atoms in total. The Kier molecular flexibility index (Phi) is 5.08. The molecule has 6 heteroatoms. The first-order valence-electron chi connectivity index (χ1n) is 9.83. The zero-order chi connectivity index (χ0) is 21.1. The van der Waals surface area contributed by atoms with Crippen LogP contribution in [0, 0.1) is 22.7 Å². The lowest BCUT2D eigenvalue weighted by Gasteiger charge is -2.32. The van der Waals surface area contributed by atoms with Crippen LogP contribution in [0.1, 0.15) is 36.1 Å². The van der Waals surface area contributed by atoms with E-state index in [1.165, 1.54) is 5.01 Å². The second kappa shape index (κ2) is 7.85. The summed E-state index contributed by atoms with van der Waals surface area (Å²) in [4.78, 5) is 12.9. The lowest BCUT2D eigenvalue weighted by molar-refractivity contribution is -0.138. The highest BCUT2D eigenvalue weighted by molar-refractivity contribution is 5.91. The first-order valence-corrected chi connectivity index (χ1v) is 9.83. The number of hydrazone groups is 1. The fourth-order valence-corrected chi connectivity index (χ4v) is 4.19. The molecular formula is C24H20N4O2. The predicted octanol–water partition coefficient (Wildman–Crippen LogP) is 3.67. The highest BCUT2D eigenvalue weighted by atomic mass is 16.5. The molecule has 0 bridgehead atoms. The molecule has 0 N–H and O–H groups in total. The summed E-state index contributed by atoms with van der Waals surface area (Å²) in [5.74, 6) is -0.497. The normalized spacial score (nSPS) is 19.8. The van der Waals surface area contributed by atoms with E-state index in [0.29, 0.717) is 17.6 Å². The number of benzene rings is 2. The third-order valence-corrected chi connectivity index (χ3v) is 5.58. The van der Waals surface area contributed by atoms with Gasteiger partial charge >= 0.3 is 5.97 Å². The van der Waals surface area contributed by atoms with E-state index in [9.17, 15) is 15.3 Å². The molecule has 2 aliphatic rings. The molecule has 2 heterocycles. The van der Waals surface area contributed by atoms with Gasteiger partial charge in [-0.05, 0) is 35.6 Å². The van der Waals surface area contributed by atoms with Crippen LogP contribution >= 0.6 is 0 Å². The second-order valence-corrected chi connectivity index (χ2v) is 7.21. The van der Waals surface area contributed by atoms with Crippen LogP contribution in [-0.2, 0) is 16.0 Å². The summed E-state index contributed by atoms with van der Waals surface area (Å²) in [6, 6.07) is 21.3. The SMILES string of the molecule is CCOC(=O)/C(Cc1ccccc1)=C1/C[C@@H]2c3ccccc3C=NN2C1(C#N)C#N. The zero-order valence-electron chi connectivity index (χ0n) is 16.6. The average molecular weight is 396 g/mol. The molecule has 4 rings (SSSR count). The van der Waals surface area contributed by atoms with Gasteiger partial charge in [0.05, 0.1) is 18.9 Å². The van der Waals surface area contributed by atoms with Crippen LogP contribution in [0.5, 0.6) is 0 Å². The number of nitrogens with zero attached hydrogens (tertiary/aromatic N) is 4. The Labute approximate surface area is 175 Å². The Bertz CT molecular complexity index is 1110. The van der Waals surface area contributed by atoms with Gasteiger partial charge in [-0.3, -0.25) is 5.01 Å². The molecule has 0 amide bonds. The van der Waals surface area contributed by atoms with Crippen molar-refractivity contribution < 1.29 is 9.53 Å². The maximum atomic E-state index is 12.9. The lowest BCUT2D eigenvalue weighted by atomic mass is 9.86. The fourth-order valence-electron chi connectivity index (χ4n) is 4.19. The summed E-state index contributed by atoms with van der Waals surface area (Å²) in [5, 5.41) is 26.2. The predicted molar refractivity (Wildman–Crippen MR) is 111 cm³/mol. The van der Waals surface area contributed by atoms with Gasteiger partial charge in [-0.25, -0.2) is 4.79 Å². The Hall–Kier alpha value is -3.90. The number of hydrogen-bond donors (Lipinski definition) is 0. The Morgan fingerprint density at radius 2 is 1.87 bits per heavy atom. The molecular weight excluding hydrogens is 376 g/mol. The smallest absolute Gasteiger partial charge is 0.334 e. The summed E-state index contributed by atoms with van der Waals surface area (Å²) in [6.07, 6.45) is 2.31. The van der Waals surface area contributed by atoms with Crippen molar-refractivity contribution in [3.8, 4) is 12.1 Å². The summed E-state index contributed by atoms with van der Waals surface area (Å²) >= 11 is 0. The van der Waals surface area contributed by atoms with Crippen molar-refractivity contribution >= 4 is 12.2 Å². The lowest BCUT2D eigenvalue weighted by Crippen LogP contribution is -2.42. The van der Waals surface area contributed by atoms with E-state index < -0.39 is 11.5 Å². The van der Waals surface area contributed by atoms with Crippen molar-refractivity contribution in [2.45, 2.75) is 31.3 Å². The summed E-state index contributed by atoms with van der Waals surface area (Å²) in [5.41, 5.74) is 2.00. The standard InChI is InChI=1S/C24H20N4O2/c1-2-30-23(29)20(12-17-8-4-3-5-9-17)21-13-22-19-11-7-6-10-18(19)14-27-28(22)24(21,15-25)16-26/h3-11,14,22H,2,12-13H2,1H3/b21-20-/t22-/m1/s1. The number of hydrogen-bond acceptors (Lipinski definition) is 6. The highest BCUT2D eigenvalue weighted by Gasteiger charge is 2.54. The molecule has 2 aliphatic heterocycles. The largest absolute Gasteiger partial charge is 0.463 e. The minimum absolute atomic E-state index is 0.213. The van der Waals surface area contributed by atoms with E-state index in [1.54, 1.807) is 13.1 Å². The van der Waals surface area contributed by atoms with Crippen molar-refractivity contribution in [1.29, 1.82) is 10.5 Å². The zero-order valence-corrected chi connectivity index (χ0v) is 16.6. The number of carbonyl (C=O) groups excluding carboxylic acids is 1. The maximum absolute atomic E-state index is 12.9. The summed E-state index contributed by atoms with van der Waals surface area (Å²) in [7, 11) is 0. The Morgan fingerprint density at radius 1 is 1.17 bits per heavy atom. The number of fused-ring (bicyclic) bond motifs is 3. The molecule has 0 aliphatic carbocycles. The van der Waals surface area contributed by atoms with Crippen LogP contribution in [-0.4, -0.2) is 29.3 Å². The Morgan fingerprint density at radius 3 is 2.57 bits per heavy atom. The van der Waals surface area contributed by atoms with E-state index in [-0.39, 0.29) is 19.1 Å². The van der Waals surface area contributed by atoms with Crippen molar-refractivity contribution in [2.75, 3.05) is 6.61 Å². The van der Waals surface area contributed by atoms with Crippen LogP contribution in [0.25, 0.3) is 0 Å². The van der Waals surface area contributed by atoms with Gasteiger partial charge in [-0.2, -0.15) is 15.6 Å². The van der Waals surface area contributed by atoms with Crippen LogP contribution in [0.15, 0.2) is 70.8 Å². The van der Waals surface area contributed by atoms with Crippen LogP contribution < -0.4 is 0 Å². The number of ether oxygens (including phenoxy) is 1. The van der Waals surface area contributed by atoms with Crippen LogP contribution in [0.3, 0.4) is 0 Å². The average Bonchev–Trinajstić information content (AvgIpc) is 3.13. The molecule has 0 spiro atoms.